The zero-order valence-electron chi connectivity index (χ0n) is 15.9. The lowest BCUT2D eigenvalue weighted by molar-refractivity contribution is -0.137. The number of carbonyl (C=O) groups excluding carboxylic acids is 1. The van der Waals surface area contributed by atoms with Crippen LogP contribution < -0.4 is 16.2 Å². The van der Waals surface area contributed by atoms with Gasteiger partial charge in [0.2, 0.25) is 5.91 Å². The Balaban J connectivity index is 1.48. The topological polar surface area (TPSA) is 63.1 Å². The zero-order valence-corrected chi connectivity index (χ0v) is 15.9. The Morgan fingerprint density at radius 3 is 2.37 bits per heavy atom. The molecule has 0 bridgehead atoms. The third kappa shape index (κ3) is 5.97. The van der Waals surface area contributed by atoms with E-state index in [0.717, 1.165) is 23.3 Å². The molecule has 0 atom stereocenters. The van der Waals surface area contributed by atoms with Gasteiger partial charge in [-0.25, -0.2) is 0 Å². The van der Waals surface area contributed by atoms with Crippen molar-refractivity contribution in [3.8, 4) is 0 Å². The minimum atomic E-state index is -4.43. The van der Waals surface area contributed by atoms with Gasteiger partial charge in [0.15, 0.2) is 0 Å². The number of halogens is 3. The van der Waals surface area contributed by atoms with Gasteiger partial charge in [-0.05, 0) is 35.4 Å². The average Bonchev–Trinajstić information content (AvgIpc) is 2.73. The highest BCUT2D eigenvalue weighted by atomic mass is 19.4. The zero-order chi connectivity index (χ0) is 21.6. The van der Waals surface area contributed by atoms with Crippen LogP contribution in [-0.4, -0.2) is 17.0 Å². The van der Waals surface area contributed by atoms with Gasteiger partial charge in [0, 0.05) is 24.5 Å². The van der Waals surface area contributed by atoms with Crippen molar-refractivity contribution < 1.29 is 18.0 Å². The molecule has 30 heavy (non-hydrogen) atoms. The van der Waals surface area contributed by atoms with Crippen molar-refractivity contribution >= 4 is 11.6 Å². The Morgan fingerprint density at radius 2 is 1.67 bits per heavy atom. The first-order chi connectivity index (χ1) is 14.3. The van der Waals surface area contributed by atoms with Gasteiger partial charge in [0.05, 0.1) is 18.7 Å². The number of anilines is 1. The summed E-state index contributed by atoms with van der Waals surface area (Å²) < 4.78 is 39.8. The third-order valence-electron chi connectivity index (χ3n) is 4.41. The molecular weight excluding hydrogens is 395 g/mol. The van der Waals surface area contributed by atoms with Crippen molar-refractivity contribution in [2.45, 2.75) is 19.3 Å². The van der Waals surface area contributed by atoms with Crippen molar-refractivity contribution in [2.24, 2.45) is 0 Å². The standard InChI is InChI=1S/C22H20F3N3O2/c23-22(24,25)18-4-3-5-19(12-18)26-14-20(29)27-13-16-7-9-17(10-8-16)15-28-11-2-1-6-21(28)30/h1-12,26H,13-15H2,(H,27,29). The van der Waals surface area contributed by atoms with Crippen molar-refractivity contribution in [3.05, 3.63) is 100.0 Å². The van der Waals surface area contributed by atoms with Crippen LogP contribution in [0.2, 0.25) is 0 Å². The number of alkyl halides is 3. The summed E-state index contributed by atoms with van der Waals surface area (Å²) in [6, 6.07) is 17.1. The van der Waals surface area contributed by atoms with E-state index in [1.54, 1.807) is 22.9 Å². The smallest absolute Gasteiger partial charge is 0.376 e. The SMILES string of the molecule is O=C(CNc1cccc(C(F)(F)F)c1)NCc1ccc(Cn2ccccc2=O)cc1. The molecule has 2 aromatic carbocycles. The summed E-state index contributed by atoms with van der Waals surface area (Å²) in [5.41, 5.74) is 1.18. The van der Waals surface area contributed by atoms with Gasteiger partial charge in [0.1, 0.15) is 0 Å². The number of amides is 1. The fourth-order valence-corrected chi connectivity index (χ4v) is 2.80. The molecule has 1 amide bonds. The summed E-state index contributed by atoms with van der Waals surface area (Å²) in [6.45, 7) is 0.595. The summed E-state index contributed by atoms with van der Waals surface area (Å²) >= 11 is 0. The average molecular weight is 415 g/mol. The molecule has 0 saturated heterocycles. The van der Waals surface area contributed by atoms with Crippen LogP contribution in [0.3, 0.4) is 0 Å². The molecule has 1 aromatic heterocycles. The van der Waals surface area contributed by atoms with E-state index in [9.17, 15) is 22.8 Å². The Hall–Kier alpha value is -3.55. The maximum atomic E-state index is 12.7. The first-order valence-electron chi connectivity index (χ1n) is 9.22. The lowest BCUT2D eigenvalue weighted by atomic mass is 10.1. The molecule has 8 heteroatoms. The number of hydrogen-bond acceptors (Lipinski definition) is 3. The normalized spacial score (nSPS) is 11.2. The molecule has 156 valence electrons. The van der Waals surface area contributed by atoms with Crippen LogP contribution in [0.5, 0.6) is 0 Å². The number of carbonyl (C=O) groups is 1. The second-order valence-corrected chi connectivity index (χ2v) is 6.69. The molecule has 3 aromatic rings. The lowest BCUT2D eigenvalue weighted by Gasteiger charge is -2.11. The summed E-state index contributed by atoms with van der Waals surface area (Å²) in [5, 5.41) is 5.40. The van der Waals surface area contributed by atoms with E-state index >= 15 is 0 Å². The minimum absolute atomic E-state index is 0.0814. The van der Waals surface area contributed by atoms with Gasteiger partial charge in [0.25, 0.3) is 5.56 Å². The maximum absolute atomic E-state index is 12.7. The summed E-state index contributed by atoms with van der Waals surface area (Å²) in [4.78, 5) is 23.7. The number of pyridine rings is 1. The van der Waals surface area contributed by atoms with E-state index in [2.05, 4.69) is 10.6 Å². The molecule has 1 heterocycles. The molecule has 0 aliphatic heterocycles. The maximum Gasteiger partial charge on any atom is 0.416 e. The van der Waals surface area contributed by atoms with Crippen molar-refractivity contribution in [2.75, 3.05) is 11.9 Å². The third-order valence-corrected chi connectivity index (χ3v) is 4.41. The summed E-state index contributed by atoms with van der Waals surface area (Å²) in [6.07, 6.45) is -2.71. The molecule has 0 radical (unpaired) electrons. The Labute approximate surface area is 171 Å². The predicted octanol–water partition coefficient (Wildman–Crippen LogP) is 3.64. The van der Waals surface area contributed by atoms with E-state index in [1.807, 2.05) is 24.3 Å². The van der Waals surface area contributed by atoms with E-state index in [0.29, 0.717) is 6.54 Å². The molecule has 5 nitrogen and oxygen atoms in total. The number of nitrogens with zero attached hydrogens (tertiary/aromatic N) is 1. The van der Waals surface area contributed by atoms with Crippen LogP contribution in [0, 0.1) is 0 Å². The van der Waals surface area contributed by atoms with Gasteiger partial charge >= 0.3 is 6.18 Å². The van der Waals surface area contributed by atoms with Crippen molar-refractivity contribution in [1.82, 2.24) is 9.88 Å². The highest BCUT2D eigenvalue weighted by Crippen LogP contribution is 2.30. The summed E-state index contributed by atoms with van der Waals surface area (Å²) in [5.74, 6) is -0.340. The van der Waals surface area contributed by atoms with Gasteiger partial charge in [-0.1, -0.05) is 36.4 Å². The van der Waals surface area contributed by atoms with Crippen molar-refractivity contribution in [1.29, 1.82) is 0 Å². The molecule has 0 unspecified atom stereocenters. The Morgan fingerprint density at radius 1 is 0.933 bits per heavy atom. The number of aromatic nitrogens is 1. The van der Waals surface area contributed by atoms with Gasteiger partial charge in [-0.3, -0.25) is 9.59 Å². The molecule has 0 aliphatic carbocycles. The van der Waals surface area contributed by atoms with Gasteiger partial charge in [-0.2, -0.15) is 13.2 Å². The molecule has 3 rings (SSSR count). The van der Waals surface area contributed by atoms with Gasteiger partial charge < -0.3 is 15.2 Å². The monoisotopic (exact) mass is 415 g/mol. The van der Waals surface area contributed by atoms with Crippen molar-refractivity contribution in [3.63, 3.8) is 0 Å². The number of hydrogen-bond donors (Lipinski definition) is 2. The van der Waals surface area contributed by atoms with Gasteiger partial charge in [-0.15, -0.1) is 0 Å². The first-order valence-corrected chi connectivity index (χ1v) is 9.22. The Kier molecular flexibility index (Phi) is 6.56. The molecule has 0 spiro atoms. The summed E-state index contributed by atoms with van der Waals surface area (Å²) in [7, 11) is 0. The van der Waals surface area contributed by atoms with Crippen LogP contribution in [0.4, 0.5) is 18.9 Å². The second-order valence-electron chi connectivity index (χ2n) is 6.69. The number of nitrogens with one attached hydrogen (secondary N) is 2. The molecule has 2 N–H and O–H groups in total. The predicted molar refractivity (Wildman–Crippen MR) is 108 cm³/mol. The number of rotatable bonds is 7. The van der Waals surface area contributed by atoms with E-state index < -0.39 is 11.7 Å². The fraction of sp³-hybridized carbons (Fsp3) is 0.182. The lowest BCUT2D eigenvalue weighted by Crippen LogP contribution is -2.29. The Bertz CT molecular complexity index is 1060. The highest BCUT2D eigenvalue weighted by molar-refractivity contribution is 5.80. The molecular formula is C22H20F3N3O2. The highest BCUT2D eigenvalue weighted by Gasteiger charge is 2.30. The number of benzene rings is 2. The van der Waals surface area contributed by atoms with E-state index in [4.69, 9.17) is 0 Å². The van der Waals surface area contributed by atoms with E-state index in [1.165, 1.54) is 18.2 Å². The second kappa shape index (κ2) is 9.30. The minimum Gasteiger partial charge on any atom is -0.376 e. The van der Waals surface area contributed by atoms with Crippen LogP contribution in [0.1, 0.15) is 16.7 Å². The molecule has 0 fully saturated rings. The van der Waals surface area contributed by atoms with Crippen LogP contribution in [-0.2, 0) is 24.1 Å². The largest absolute Gasteiger partial charge is 0.416 e. The van der Waals surface area contributed by atoms with Crippen LogP contribution >= 0.6 is 0 Å². The van der Waals surface area contributed by atoms with Crippen LogP contribution in [0.15, 0.2) is 77.7 Å². The quantitative estimate of drug-likeness (QED) is 0.619. The molecule has 0 aliphatic rings. The molecule has 0 saturated carbocycles. The van der Waals surface area contributed by atoms with Crippen LogP contribution in [0.25, 0.3) is 0 Å². The first kappa shape index (κ1) is 21.2. The fourth-order valence-electron chi connectivity index (χ4n) is 2.80. The van der Waals surface area contributed by atoms with E-state index in [-0.39, 0.29) is 30.2 Å².